The summed E-state index contributed by atoms with van der Waals surface area (Å²) in [6.45, 7) is 3.95. The van der Waals surface area contributed by atoms with Gasteiger partial charge in [-0.3, -0.25) is 4.79 Å². The first kappa shape index (κ1) is 22.7. The van der Waals surface area contributed by atoms with Gasteiger partial charge in [0.1, 0.15) is 5.75 Å². The van der Waals surface area contributed by atoms with Crippen molar-refractivity contribution in [2.24, 2.45) is 5.10 Å². The van der Waals surface area contributed by atoms with Crippen LogP contribution in [0.15, 0.2) is 84.0 Å². The predicted octanol–water partition coefficient (Wildman–Crippen LogP) is 4.84. The van der Waals surface area contributed by atoms with Gasteiger partial charge in [-0.15, -0.1) is 0 Å². The molecule has 1 N–H and O–H groups in total. The van der Waals surface area contributed by atoms with Crippen LogP contribution in [0.2, 0.25) is 0 Å². The minimum Gasteiger partial charge on any atom is -0.484 e. The summed E-state index contributed by atoms with van der Waals surface area (Å²) < 4.78 is 10.5. The number of nitrogens with one attached hydrogen (secondary N) is 1. The Morgan fingerprint density at radius 1 is 0.844 bits per heavy atom. The molecule has 0 aliphatic rings. The van der Waals surface area contributed by atoms with Gasteiger partial charge in [0, 0.05) is 0 Å². The topological polar surface area (TPSA) is 77.0 Å². The van der Waals surface area contributed by atoms with Gasteiger partial charge in [0.15, 0.2) is 6.61 Å². The van der Waals surface area contributed by atoms with Gasteiger partial charge >= 0.3 is 5.97 Å². The van der Waals surface area contributed by atoms with Crippen molar-refractivity contribution in [1.29, 1.82) is 0 Å². The third-order valence-electron chi connectivity index (χ3n) is 4.66. The molecule has 164 valence electrons. The Balaban J connectivity index is 1.49. The smallest absolute Gasteiger partial charge is 0.338 e. The van der Waals surface area contributed by atoms with Crippen LogP contribution in [-0.4, -0.2) is 30.8 Å². The molecule has 3 aromatic carbocycles. The number of rotatable bonds is 9. The van der Waals surface area contributed by atoms with Crippen LogP contribution in [0.4, 0.5) is 0 Å². The quantitative estimate of drug-likeness (QED) is 0.299. The normalized spacial score (nSPS) is 11.0. The number of hydrogen-bond donors (Lipinski definition) is 1. The second kappa shape index (κ2) is 11.5. The molecule has 0 heterocycles. The van der Waals surface area contributed by atoms with E-state index in [9.17, 15) is 9.59 Å². The number of esters is 1. The van der Waals surface area contributed by atoms with Crippen molar-refractivity contribution in [3.63, 3.8) is 0 Å². The Morgan fingerprint density at radius 2 is 1.47 bits per heavy atom. The highest BCUT2D eigenvalue weighted by Crippen LogP contribution is 2.19. The Hall–Kier alpha value is -3.93. The van der Waals surface area contributed by atoms with Gasteiger partial charge in [-0.2, -0.15) is 5.10 Å². The van der Waals surface area contributed by atoms with Crippen molar-refractivity contribution < 1.29 is 19.1 Å². The van der Waals surface area contributed by atoms with E-state index in [1.165, 1.54) is 0 Å². The fraction of sp³-hybridized carbons (Fsp3) is 0.192. The van der Waals surface area contributed by atoms with Crippen LogP contribution >= 0.6 is 0 Å². The average molecular weight is 431 g/mol. The lowest BCUT2D eigenvalue weighted by molar-refractivity contribution is -0.123. The summed E-state index contributed by atoms with van der Waals surface area (Å²) in [7, 11) is 0. The lowest BCUT2D eigenvalue weighted by Crippen LogP contribution is -2.25. The fourth-order valence-electron chi connectivity index (χ4n) is 2.89. The lowest BCUT2D eigenvalue weighted by Gasteiger charge is -2.07. The highest BCUT2D eigenvalue weighted by Gasteiger charge is 2.08. The number of hydrazone groups is 1. The van der Waals surface area contributed by atoms with Crippen LogP contribution in [0.1, 0.15) is 36.2 Å². The SMILES string of the molecule is CCCOC(=O)c1ccc(OCC(=O)NN=C(C)c2ccc(-c3ccccc3)cc2)cc1. The Bertz CT molecular complexity index is 1060. The fourth-order valence-corrected chi connectivity index (χ4v) is 2.89. The van der Waals surface area contributed by atoms with E-state index in [-0.39, 0.29) is 18.5 Å². The van der Waals surface area contributed by atoms with E-state index in [4.69, 9.17) is 9.47 Å². The number of benzene rings is 3. The maximum Gasteiger partial charge on any atom is 0.338 e. The zero-order valence-corrected chi connectivity index (χ0v) is 18.2. The Labute approximate surface area is 187 Å². The molecule has 0 bridgehead atoms. The van der Waals surface area contributed by atoms with Gasteiger partial charge in [0.05, 0.1) is 17.9 Å². The molecule has 3 aromatic rings. The highest BCUT2D eigenvalue weighted by molar-refractivity contribution is 5.99. The summed E-state index contributed by atoms with van der Waals surface area (Å²) in [5.41, 5.74) is 6.80. The predicted molar refractivity (Wildman–Crippen MR) is 125 cm³/mol. The van der Waals surface area contributed by atoms with Crippen molar-refractivity contribution >= 4 is 17.6 Å². The number of amides is 1. The lowest BCUT2D eigenvalue weighted by atomic mass is 10.0. The first-order valence-corrected chi connectivity index (χ1v) is 10.5. The number of carbonyl (C=O) groups excluding carboxylic acids is 2. The molecular formula is C26H26N2O4. The molecule has 6 nitrogen and oxygen atoms in total. The summed E-state index contributed by atoms with van der Waals surface area (Å²) in [6, 6.07) is 24.5. The molecule has 0 aliphatic carbocycles. The molecule has 0 saturated heterocycles. The number of nitrogens with zero attached hydrogens (tertiary/aromatic N) is 1. The van der Waals surface area contributed by atoms with E-state index >= 15 is 0 Å². The second-order valence-electron chi connectivity index (χ2n) is 7.12. The molecule has 0 radical (unpaired) electrons. The maximum atomic E-state index is 12.1. The van der Waals surface area contributed by atoms with Gasteiger partial charge in [-0.05, 0) is 54.3 Å². The molecule has 32 heavy (non-hydrogen) atoms. The minimum atomic E-state index is -0.378. The molecule has 1 amide bonds. The van der Waals surface area contributed by atoms with Crippen LogP contribution in [0, 0.1) is 0 Å². The Kier molecular flexibility index (Phi) is 8.15. The van der Waals surface area contributed by atoms with E-state index in [2.05, 4.69) is 22.7 Å². The van der Waals surface area contributed by atoms with Crippen LogP contribution < -0.4 is 10.2 Å². The average Bonchev–Trinajstić information content (AvgIpc) is 2.85. The highest BCUT2D eigenvalue weighted by atomic mass is 16.5. The van der Waals surface area contributed by atoms with Crippen molar-refractivity contribution in [2.75, 3.05) is 13.2 Å². The molecule has 0 fully saturated rings. The molecule has 0 saturated carbocycles. The number of ether oxygens (including phenoxy) is 2. The molecule has 0 aliphatic heterocycles. The van der Waals surface area contributed by atoms with Gasteiger partial charge in [0.2, 0.25) is 0 Å². The summed E-state index contributed by atoms with van der Waals surface area (Å²) in [4.78, 5) is 23.9. The second-order valence-corrected chi connectivity index (χ2v) is 7.12. The number of hydrogen-bond acceptors (Lipinski definition) is 5. The van der Waals surface area contributed by atoms with E-state index in [1.807, 2.05) is 56.3 Å². The molecular weight excluding hydrogens is 404 g/mol. The van der Waals surface area contributed by atoms with Gasteiger partial charge in [-0.1, -0.05) is 61.5 Å². The van der Waals surface area contributed by atoms with Crippen molar-refractivity contribution in [2.45, 2.75) is 20.3 Å². The monoisotopic (exact) mass is 430 g/mol. The summed E-state index contributed by atoms with van der Waals surface area (Å²) in [6.07, 6.45) is 0.767. The molecule has 0 atom stereocenters. The van der Waals surface area contributed by atoms with Gasteiger partial charge in [-0.25, -0.2) is 10.2 Å². The first-order valence-electron chi connectivity index (χ1n) is 10.5. The summed E-state index contributed by atoms with van der Waals surface area (Å²) in [5, 5.41) is 4.15. The molecule has 0 spiro atoms. The first-order chi connectivity index (χ1) is 15.6. The summed E-state index contributed by atoms with van der Waals surface area (Å²) >= 11 is 0. The minimum absolute atomic E-state index is 0.191. The Morgan fingerprint density at radius 3 is 2.12 bits per heavy atom. The summed E-state index contributed by atoms with van der Waals surface area (Å²) in [5.74, 6) is -0.279. The van der Waals surface area contributed by atoms with E-state index < -0.39 is 0 Å². The third-order valence-corrected chi connectivity index (χ3v) is 4.66. The molecule has 6 heteroatoms. The third kappa shape index (κ3) is 6.54. The van der Waals surface area contributed by atoms with Crippen molar-refractivity contribution in [3.8, 4) is 16.9 Å². The zero-order chi connectivity index (χ0) is 22.8. The van der Waals surface area contributed by atoms with Crippen molar-refractivity contribution in [3.05, 3.63) is 90.0 Å². The molecule has 0 unspecified atom stereocenters. The zero-order valence-electron chi connectivity index (χ0n) is 18.2. The van der Waals surface area contributed by atoms with Crippen LogP contribution in [-0.2, 0) is 9.53 Å². The largest absolute Gasteiger partial charge is 0.484 e. The molecule has 3 rings (SSSR count). The maximum absolute atomic E-state index is 12.1. The number of carbonyl (C=O) groups is 2. The standard InChI is InChI=1S/C26H26N2O4/c1-3-17-31-26(30)23-13-15-24(16-14-23)32-18-25(29)28-27-19(2)20-9-11-22(12-10-20)21-7-5-4-6-8-21/h4-16H,3,17-18H2,1-2H3,(H,28,29). The van der Waals surface area contributed by atoms with Crippen molar-refractivity contribution in [1.82, 2.24) is 5.43 Å². The van der Waals surface area contributed by atoms with E-state index in [0.717, 1.165) is 23.1 Å². The van der Waals surface area contributed by atoms with Crippen LogP contribution in [0.3, 0.4) is 0 Å². The van der Waals surface area contributed by atoms with Gasteiger partial charge < -0.3 is 9.47 Å². The molecule has 0 aromatic heterocycles. The van der Waals surface area contributed by atoms with E-state index in [0.29, 0.717) is 23.6 Å². The van der Waals surface area contributed by atoms with E-state index in [1.54, 1.807) is 24.3 Å². The van der Waals surface area contributed by atoms with Gasteiger partial charge in [0.25, 0.3) is 5.91 Å². The van der Waals surface area contributed by atoms with Crippen LogP contribution in [0.25, 0.3) is 11.1 Å². The van der Waals surface area contributed by atoms with Crippen LogP contribution in [0.5, 0.6) is 5.75 Å².